The van der Waals surface area contributed by atoms with Gasteiger partial charge in [-0.1, -0.05) is 26.0 Å². The van der Waals surface area contributed by atoms with E-state index in [4.69, 9.17) is 4.74 Å². The number of fused-ring (bicyclic) bond motifs is 1. The Morgan fingerprint density at radius 2 is 1.89 bits per heavy atom. The molecule has 1 aromatic carbocycles. The second-order valence-electron chi connectivity index (χ2n) is 9.43. The molecular formula is C25H39N5O5. The van der Waals surface area contributed by atoms with Gasteiger partial charge in [0.15, 0.2) is 0 Å². The largest absolute Gasteiger partial charge is 0.491 e. The van der Waals surface area contributed by atoms with Crippen LogP contribution in [-0.4, -0.2) is 92.9 Å². The van der Waals surface area contributed by atoms with E-state index >= 15 is 0 Å². The Balaban J connectivity index is 2.25. The third-order valence-electron chi connectivity index (χ3n) is 5.78. The van der Waals surface area contributed by atoms with Crippen molar-refractivity contribution in [3.05, 3.63) is 29.8 Å². The third kappa shape index (κ3) is 8.86. The van der Waals surface area contributed by atoms with Crippen LogP contribution in [0.25, 0.3) is 0 Å². The molecule has 10 heteroatoms. The molecule has 2 rings (SSSR count). The van der Waals surface area contributed by atoms with Crippen molar-refractivity contribution in [3.63, 3.8) is 0 Å². The number of para-hydroxylation sites is 1. The molecular weight excluding hydrogens is 450 g/mol. The Kier molecular flexibility index (Phi) is 11.0. The number of hydrogen-bond donors (Lipinski definition) is 3. The average Bonchev–Trinajstić information content (AvgIpc) is 2.80. The van der Waals surface area contributed by atoms with E-state index in [-0.39, 0.29) is 37.0 Å². The smallest absolute Gasteiger partial charge is 0.255 e. The zero-order valence-corrected chi connectivity index (χ0v) is 21.4. The lowest BCUT2D eigenvalue weighted by atomic mass is 10.0. The number of hydrogen-bond acceptors (Lipinski definition) is 6. The van der Waals surface area contributed by atoms with Crippen molar-refractivity contribution >= 4 is 23.6 Å². The van der Waals surface area contributed by atoms with Crippen LogP contribution in [0.2, 0.25) is 0 Å². The second-order valence-corrected chi connectivity index (χ2v) is 9.43. The van der Waals surface area contributed by atoms with E-state index in [2.05, 4.69) is 20.9 Å². The molecule has 2 atom stereocenters. The molecule has 4 amide bonds. The fourth-order valence-electron chi connectivity index (χ4n) is 3.68. The Bertz CT molecular complexity index is 889. The second kappa shape index (κ2) is 13.7. The van der Waals surface area contributed by atoms with E-state index in [1.807, 2.05) is 27.9 Å². The summed E-state index contributed by atoms with van der Waals surface area (Å²) in [7, 11) is 5.61. The molecule has 35 heavy (non-hydrogen) atoms. The summed E-state index contributed by atoms with van der Waals surface area (Å²) in [4.78, 5) is 55.4. The first-order chi connectivity index (χ1) is 16.6. The zero-order chi connectivity index (χ0) is 26.0. The average molecular weight is 490 g/mol. The van der Waals surface area contributed by atoms with Gasteiger partial charge in [-0.3, -0.25) is 19.2 Å². The van der Waals surface area contributed by atoms with Gasteiger partial charge in [-0.2, -0.15) is 0 Å². The van der Waals surface area contributed by atoms with E-state index in [0.717, 1.165) is 19.4 Å². The van der Waals surface area contributed by atoms with Crippen molar-refractivity contribution in [1.29, 1.82) is 0 Å². The summed E-state index contributed by atoms with van der Waals surface area (Å²) in [6.45, 7) is 5.46. The van der Waals surface area contributed by atoms with Gasteiger partial charge >= 0.3 is 0 Å². The third-order valence-corrected chi connectivity index (χ3v) is 5.78. The van der Waals surface area contributed by atoms with E-state index in [1.54, 1.807) is 31.3 Å². The normalized spacial score (nSPS) is 20.0. The predicted octanol–water partition coefficient (Wildman–Crippen LogP) is 0.625. The topological polar surface area (TPSA) is 120 Å². The number of carbonyl (C=O) groups excluding carboxylic acids is 4. The number of carbonyl (C=O) groups is 4. The maximum absolute atomic E-state index is 13.1. The van der Waals surface area contributed by atoms with Gasteiger partial charge in [-0.25, -0.2) is 0 Å². The molecule has 0 saturated carbocycles. The summed E-state index contributed by atoms with van der Waals surface area (Å²) >= 11 is 0. The first-order valence-electron chi connectivity index (χ1n) is 12.1. The van der Waals surface area contributed by atoms with Crippen LogP contribution in [0.3, 0.4) is 0 Å². The van der Waals surface area contributed by atoms with Crippen LogP contribution in [0, 0.1) is 5.92 Å². The minimum atomic E-state index is -1.10. The number of unbranched alkanes of at least 4 members (excludes halogenated alkanes) is 1. The Hall–Kier alpha value is -3.14. The monoisotopic (exact) mass is 489 g/mol. The molecule has 0 radical (unpaired) electrons. The van der Waals surface area contributed by atoms with Crippen LogP contribution in [0.5, 0.6) is 5.75 Å². The molecule has 0 unspecified atom stereocenters. The summed E-state index contributed by atoms with van der Waals surface area (Å²) in [5, 5.41) is 8.25. The number of rotatable bonds is 7. The molecule has 0 spiro atoms. The highest BCUT2D eigenvalue weighted by molar-refractivity contribution is 6.01. The van der Waals surface area contributed by atoms with Gasteiger partial charge in [0.1, 0.15) is 24.4 Å². The maximum Gasteiger partial charge on any atom is 0.255 e. The molecule has 0 fully saturated rings. The highest BCUT2D eigenvalue weighted by atomic mass is 16.5. The number of ether oxygens (including phenoxy) is 1. The molecule has 10 nitrogen and oxygen atoms in total. The van der Waals surface area contributed by atoms with Crippen LogP contribution in [0.15, 0.2) is 24.3 Å². The first-order valence-corrected chi connectivity index (χ1v) is 12.1. The molecule has 0 aromatic heterocycles. The predicted molar refractivity (Wildman–Crippen MR) is 133 cm³/mol. The van der Waals surface area contributed by atoms with Crippen LogP contribution in [0.4, 0.5) is 0 Å². The zero-order valence-electron chi connectivity index (χ0n) is 21.4. The van der Waals surface area contributed by atoms with E-state index < -0.39 is 29.8 Å². The van der Waals surface area contributed by atoms with E-state index in [1.165, 1.54) is 4.90 Å². The van der Waals surface area contributed by atoms with Crippen LogP contribution in [-0.2, 0) is 14.4 Å². The van der Waals surface area contributed by atoms with Crippen molar-refractivity contribution in [2.45, 2.75) is 45.2 Å². The number of nitrogens with one attached hydrogen (secondary N) is 3. The fraction of sp³-hybridized carbons (Fsp3) is 0.600. The number of benzene rings is 1. The van der Waals surface area contributed by atoms with Crippen molar-refractivity contribution in [2.75, 3.05) is 47.4 Å². The SMILES string of the molecule is CC(C)[C@@H]1NC(=O)C[C@@H](C(=O)NCCCCN(C)C)NC(=O)c2ccccc2OCCN(C)C1=O. The summed E-state index contributed by atoms with van der Waals surface area (Å²) in [6.07, 6.45) is 1.38. The molecule has 1 heterocycles. The van der Waals surface area contributed by atoms with Crippen molar-refractivity contribution in [2.24, 2.45) is 5.92 Å². The minimum Gasteiger partial charge on any atom is -0.491 e. The fourth-order valence-corrected chi connectivity index (χ4v) is 3.68. The van der Waals surface area contributed by atoms with Gasteiger partial charge in [-0.05, 0) is 51.5 Å². The lowest BCUT2D eigenvalue weighted by molar-refractivity contribution is -0.137. The minimum absolute atomic E-state index is 0.165. The summed E-state index contributed by atoms with van der Waals surface area (Å²) < 4.78 is 5.80. The van der Waals surface area contributed by atoms with Crippen molar-refractivity contribution < 1.29 is 23.9 Å². The molecule has 194 valence electrons. The molecule has 0 aliphatic carbocycles. The molecule has 1 aromatic rings. The van der Waals surface area contributed by atoms with Crippen LogP contribution in [0.1, 0.15) is 43.5 Å². The van der Waals surface area contributed by atoms with Gasteiger partial charge in [0, 0.05) is 13.6 Å². The number of amides is 4. The number of likely N-dealkylation sites (N-methyl/N-ethyl adjacent to an activating group) is 1. The van der Waals surface area contributed by atoms with Crippen LogP contribution < -0.4 is 20.7 Å². The van der Waals surface area contributed by atoms with Gasteiger partial charge in [0.25, 0.3) is 5.91 Å². The summed E-state index contributed by atoms with van der Waals surface area (Å²) in [5.41, 5.74) is 0.253. The molecule has 1 aliphatic rings. The Labute approximate surface area is 207 Å². The molecule has 1 aliphatic heterocycles. The van der Waals surface area contributed by atoms with Gasteiger partial charge in [0.2, 0.25) is 17.7 Å². The lowest BCUT2D eigenvalue weighted by Gasteiger charge is -2.28. The quantitative estimate of drug-likeness (QED) is 0.483. The standard InChI is InChI=1S/C25H39N5O5/c1-17(2)22-25(34)30(5)14-15-35-20-11-7-6-10-18(20)23(32)27-19(16-21(31)28-22)24(33)26-12-8-9-13-29(3)4/h6-7,10-11,17,19,22H,8-9,12-16H2,1-5H3,(H,26,33)(H,27,32)(H,28,31)/t19-,22-/m0/s1. The van der Waals surface area contributed by atoms with Gasteiger partial charge < -0.3 is 30.5 Å². The van der Waals surface area contributed by atoms with E-state index in [0.29, 0.717) is 12.3 Å². The van der Waals surface area contributed by atoms with Gasteiger partial charge in [-0.15, -0.1) is 0 Å². The van der Waals surface area contributed by atoms with Gasteiger partial charge in [0.05, 0.1) is 18.5 Å². The lowest BCUT2D eigenvalue weighted by Crippen LogP contribution is -2.54. The highest BCUT2D eigenvalue weighted by Gasteiger charge is 2.31. The first kappa shape index (κ1) is 28.1. The molecule has 0 saturated heterocycles. The Morgan fingerprint density at radius 1 is 1.17 bits per heavy atom. The highest BCUT2D eigenvalue weighted by Crippen LogP contribution is 2.19. The van der Waals surface area contributed by atoms with E-state index in [9.17, 15) is 19.2 Å². The Morgan fingerprint density at radius 3 is 2.57 bits per heavy atom. The summed E-state index contributed by atoms with van der Waals surface area (Å²) in [6, 6.07) is 4.83. The van der Waals surface area contributed by atoms with Crippen molar-refractivity contribution in [1.82, 2.24) is 25.8 Å². The van der Waals surface area contributed by atoms with Crippen molar-refractivity contribution in [3.8, 4) is 5.75 Å². The maximum atomic E-state index is 13.1. The number of nitrogens with zero attached hydrogens (tertiary/aromatic N) is 2. The molecule has 3 N–H and O–H groups in total. The van der Waals surface area contributed by atoms with Crippen LogP contribution >= 0.6 is 0 Å². The molecule has 0 bridgehead atoms. The summed E-state index contributed by atoms with van der Waals surface area (Å²) in [5.74, 6) is -1.51.